The Balaban J connectivity index is 1.59. The highest BCUT2D eigenvalue weighted by molar-refractivity contribution is 5.97. The van der Waals surface area contributed by atoms with E-state index < -0.39 is 58.1 Å². The number of aliphatic hydroxyl groups is 3. The van der Waals surface area contributed by atoms with Gasteiger partial charge in [-0.15, -0.1) is 0 Å². The summed E-state index contributed by atoms with van der Waals surface area (Å²) in [5.74, 6) is -2.49. The summed E-state index contributed by atoms with van der Waals surface area (Å²) in [5, 5.41) is 35.7. The van der Waals surface area contributed by atoms with Crippen molar-refractivity contribution in [3.8, 4) is 0 Å². The zero-order valence-electron chi connectivity index (χ0n) is 23.1. The Hall–Kier alpha value is -2.29. The molecule has 0 aromatic carbocycles. The second-order valence-electron chi connectivity index (χ2n) is 12.8. The summed E-state index contributed by atoms with van der Waals surface area (Å²) in [7, 11) is 0. The number of carbonyl (C=O) groups is 3. The van der Waals surface area contributed by atoms with Gasteiger partial charge in [0.25, 0.3) is 0 Å². The minimum absolute atomic E-state index is 0.0662. The number of aliphatic hydroxyl groups excluding tert-OH is 1. The fourth-order valence-corrected chi connectivity index (χ4v) is 8.67. The Kier molecular flexibility index (Phi) is 6.18. The first-order valence-electron chi connectivity index (χ1n) is 13.7. The van der Waals surface area contributed by atoms with Gasteiger partial charge in [-0.1, -0.05) is 31.1 Å². The van der Waals surface area contributed by atoms with Crippen LogP contribution >= 0.6 is 0 Å². The Morgan fingerprint density at radius 1 is 1.18 bits per heavy atom. The fourth-order valence-electron chi connectivity index (χ4n) is 8.67. The molecule has 208 valence electrons. The summed E-state index contributed by atoms with van der Waals surface area (Å²) < 4.78 is 11.6. The van der Waals surface area contributed by atoms with Gasteiger partial charge in [-0.25, -0.2) is 4.79 Å². The SMILES string of the molecule is CC(=O)O[C@H]1C=C([C@H](C)[C@H]2CC(C)=C(C)C(=O)O2)[C@@]2(C)CC[C@H]3[C@@H](C[C@H](O)[C@]4(O)CC=CC(=O)[C@]34C)[C@@]12O. The Morgan fingerprint density at radius 2 is 1.87 bits per heavy atom. The van der Waals surface area contributed by atoms with Crippen molar-refractivity contribution in [1.82, 2.24) is 0 Å². The number of esters is 2. The lowest BCUT2D eigenvalue weighted by Crippen LogP contribution is -2.74. The van der Waals surface area contributed by atoms with E-state index >= 15 is 0 Å². The summed E-state index contributed by atoms with van der Waals surface area (Å²) >= 11 is 0. The van der Waals surface area contributed by atoms with Gasteiger partial charge in [0.2, 0.25) is 0 Å². The maximum atomic E-state index is 13.4. The van der Waals surface area contributed by atoms with E-state index in [-0.39, 0.29) is 30.5 Å². The van der Waals surface area contributed by atoms with Crippen LogP contribution in [0, 0.1) is 28.6 Å². The van der Waals surface area contributed by atoms with Crippen molar-refractivity contribution in [3.05, 3.63) is 34.9 Å². The number of cyclic esters (lactones) is 1. The summed E-state index contributed by atoms with van der Waals surface area (Å²) in [5.41, 5.74) is -3.01. The van der Waals surface area contributed by atoms with E-state index in [9.17, 15) is 29.7 Å². The predicted molar refractivity (Wildman–Crippen MR) is 137 cm³/mol. The third-order valence-electron chi connectivity index (χ3n) is 11.2. The molecule has 10 atom stereocenters. The minimum atomic E-state index is -1.64. The van der Waals surface area contributed by atoms with Crippen LogP contribution in [-0.4, -0.2) is 62.6 Å². The Labute approximate surface area is 223 Å². The molecule has 0 aromatic heterocycles. The van der Waals surface area contributed by atoms with Crippen molar-refractivity contribution in [2.24, 2.45) is 28.6 Å². The van der Waals surface area contributed by atoms with Crippen LogP contribution in [0.4, 0.5) is 0 Å². The number of hydrogen-bond acceptors (Lipinski definition) is 8. The average molecular weight is 529 g/mol. The Bertz CT molecular complexity index is 1180. The van der Waals surface area contributed by atoms with E-state index in [4.69, 9.17) is 9.47 Å². The number of allylic oxidation sites excluding steroid dienone is 1. The largest absolute Gasteiger partial charge is 0.458 e. The summed E-state index contributed by atoms with van der Waals surface area (Å²) in [6.45, 7) is 10.6. The molecule has 0 aromatic rings. The van der Waals surface area contributed by atoms with Gasteiger partial charge in [-0.3, -0.25) is 9.59 Å². The molecule has 5 rings (SSSR count). The van der Waals surface area contributed by atoms with E-state index in [1.165, 1.54) is 13.0 Å². The molecule has 1 aliphatic heterocycles. The number of ether oxygens (including phenoxy) is 2. The molecular weight excluding hydrogens is 488 g/mol. The molecule has 4 aliphatic carbocycles. The maximum absolute atomic E-state index is 13.4. The molecular formula is C30H40O8. The third kappa shape index (κ3) is 3.29. The normalized spacial score (nSPS) is 47.0. The van der Waals surface area contributed by atoms with Gasteiger partial charge < -0.3 is 24.8 Å². The molecule has 38 heavy (non-hydrogen) atoms. The number of carbonyl (C=O) groups excluding carboxylic acids is 3. The molecule has 5 aliphatic rings. The molecule has 8 nitrogen and oxygen atoms in total. The highest BCUT2D eigenvalue weighted by Gasteiger charge is 2.74. The second-order valence-corrected chi connectivity index (χ2v) is 12.8. The van der Waals surface area contributed by atoms with Crippen molar-refractivity contribution in [2.45, 2.75) is 103 Å². The van der Waals surface area contributed by atoms with Crippen molar-refractivity contribution in [3.63, 3.8) is 0 Å². The molecule has 1 heterocycles. The molecule has 2 fully saturated rings. The average Bonchev–Trinajstić information content (AvgIpc) is 3.07. The zero-order valence-corrected chi connectivity index (χ0v) is 23.1. The smallest absolute Gasteiger partial charge is 0.333 e. The van der Waals surface area contributed by atoms with E-state index in [1.807, 2.05) is 20.8 Å². The lowest BCUT2D eigenvalue weighted by atomic mass is 9.41. The number of fused-ring (bicyclic) bond motifs is 5. The van der Waals surface area contributed by atoms with E-state index in [1.54, 1.807) is 26.0 Å². The molecule has 2 saturated carbocycles. The molecule has 0 saturated heterocycles. The fraction of sp³-hybridized carbons (Fsp3) is 0.700. The van der Waals surface area contributed by atoms with Gasteiger partial charge in [-0.05, 0) is 70.4 Å². The van der Waals surface area contributed by atoms with E-state index in [0.717, 1.165) is 11.1 Å². The molecule has 3 N–H and O–H groups in total. The summed E-state index contributed by atoms with van der Waals surface area (Å²) in [6, 6.07) is 0. The minimum Gasteiger partial charge on any atom is -0.458 e. The quantitative estimate of drug-likeness (QED) is 0.377. The van der Waals surface area contributed by atoms with Crippen LogP contribution in [-0.2, 0) is 23.9 Å². The first-order valence-corrected chi connectivity index (χ1v) is 13.7. The van der Waals surface area contributed by atoms with Crippen molar-refractivity contribution < 1.29 is 39.2 Å². The van der Waals surface area contributed by atoms with Crippen LogP contribution in [0.1, 0.15) is 73.6 Å². The summed E-state index contributed by atoms with van der Waals surface area (Å²) in [4.78, 5) is 38.1. The van der Waals surface area contributed by atoms with Gasteiger partial charge in [-0.2, -0.15) is 0 Å². The van der Waals surface area contributed by atoms with E-state index in [0.29, 0.717) is 24.8 Å². The van der Waals surface area contributed by atoms with Crippen LogP contribution in [0.5, 0.6) is 0 Å². The van der Waals surface area contributed by atoms with Gasteiger partial charge in [0, 0.05) is 30.3 Å². The highest BCUT2D eigenvalue weighted by atomic mass is 16.6. The monoisotopic (exact) mass is 528 g/mol. The molecule has 8 heteroatoms. The predicted octanol–water partition coefficient (Wildman–Crippen LogP) is 2.94. The summed E-state index contributed by atoms with van der Waals surface area (Å²) in [6.07, 6.45) is 4.00. The van der Waals surface area contributed by atoms with Crippen LogP contribution in [0.3, 0.4) is 0 Å². The van der Waals surface area contributed by atoms with Gasteiger partial charge >= 0.3 is 11.9 Å². The standard InChI is InChI=1S/C30H40O8/c1-15-12-22(38-26(34)16(15)2)17(3)20-14-25(37-18(4)31)30(36)21-13-24(33)29(35)10-7-8-23(32)28(29,6)19(21)9-11-27(20,30)5/h7-8,14,17,19,21-22,24-25,33,35-36H,9-13H2,1-6H3/t17-,19-,21+,22+,24-,25-,27+,28-,29+,30+/m0/s1. The van der Waals surface area contributed by atoms with Crippen molar-refractivity contribution in [1.29, 1.82) is 0 Å². The second kappa shape index (κ2) is 8.60. The molecule has 0 radical (unpaired) electrons. The van der Waals surface area contributed by atoms with E-state index in [2.05, 4.69) is 0 Å². The molecule has 0 spiro atoms. The van der Waals surface area contributed by atoms with Gasteiger partial charge in [0.15, 0.2) is 5.78 Å². The highest BCUT2D eigenvalue weighted by Crippen LogP contribution is 2.69. The van der Waals surface area contributed by atoms with Crippen LogP contribution < -0.4 is 0 Å². The lowest BCUT2D eigenvalue weighted by Gasteiger charge is -2.65. The molecule has 0 amide bonds. The first-order chi connectivity index (χ1) is 17.6. The van der Waals surface area contributed by atoms with Crippen molar-refractivity contribution in [2.75, 3.05) is 0 Å². The zero-order chi connectivity index (χ0) is 28.0. The van der Waals surface area contributed by atoms with Gasteiger partial charge in [0.1, 0.15) is 23.4 Å². The lowest BCUT2D eigenvalue weighted by molar-refractivity contribution is -0.273. The number of ketones is 1. The number of rotatable bonds is 3. The Morgan fingerprint density at radius 3 is 2.50 bits per heavy atom. The first kappa shape index (κ1) is 27.3. The van der Waals surface area contributed by atoms with Crippen LogP contribution in [0.25, 0.3) is 0 Å². The maximum Gasteiger partial charge on any atom is 0.333 e. The van der Waals surface area contributed by atoms with Crippen molar-refractivity contribution >= 4 is 17.7 Å². The van der Waals surface area contributed by atoms with Crippen LogP contribution in [0.2, 0.25) is 0 Å². The third-order valence-corrected chi connectivity index (χ3v) is 11.2. The van der Waals surface area contributed by atoms with Gasteiger partial charge in [0.05, 0.1) is 11.5 Å². The topological polar surface area (TPSA) is 130 Å². The van der Waals surface area contributed by atoms with Crippen LogP contribution in [0.15, 0.2) is 34.9 Å². The number of hydrogen-bond donors (Lipinski definition) is 3. The molecule has 0 unspecified atom stereocenters. The molecule has 0 bridgehead atoms.